The van der Waals surface area contributed by atoms with Gasteiger partial charge in [-0.15, -0.1) is 0 Å². The van der Waals surface area contributed by atoms with Crippen molar-refractivity contribution in [2.24, 2.45) is 0 Å². The quantitative estimate of drug-likeness (QED) is 0.0261. The molecule has 402 valence electrons. The molecule has 0 fully saturated rings. The van der Waals surface area contributed by atoms with Gasteiger partial charge in [-0.2, -0.15) is 0 Å². The maximum absolute atomic E-state index is 12.9. The highest BCUT2D eigenvalue weighted by atomic mass is 16.6. The summed E-state index contributed by atoms with van der Waals surface area (Å²) in [6.45, 7) is 6.48. The zero-order valence-corrected chi connectivity index (χ0v) is 45.9. The number of hydrogen-bond donors (Lipinski definition) is 0. The molecule has 0 unspecified atom stereocenters. The highest BCUT2D eigenvalue weighted by molar-refractivity contribution is 5.71. The molecule has 0 aromatic rings. The lowest BCUT2D eigenvalue weighted by molar-refractivity contribution is -0.167. The van der Waals surface area contributed by atoms with Gasteiger partial charge in [0.25, 0.3) is 0 Å². The monoisotopic (exact) mass is 983 g/mol. The number of carbonyl (C=O) groups is 3. The van der Waals surface area contributed by atoms with Crippen LogP contribution in [0.25, 0.3) is 0 Å². The summed E-state index contributed by atoms with van der Waals surface area (Å²) in [5.74, 6) is -1.03. The molecule has 6 heteroatoms. The molecule has 0 aromatic heterocycles. The second-order valence-corrected chi connectivity index (χ2v) is 18.8. The fraction of sp³-hybridized carbons (Fsp3) is 0.646. The van der Waals surface area contributed by atoms with Crippen molar-refractivity contribution in [3.63, 3.8) is 0 Å². The number of carbonyl (C=O) groups excluding carboxylic acids is 3. The maximum atomic E-state index is 12.9. The van der Waals surface area contributed by atoms with Crippen molar-refractivity contribution in [2.75, 3.05) is 13.2 Å². The van der Waals surface area contributed by atoms with Gasteiger partial charge in [-0.1, -0.05) is 219 Å². The third-order valence-corrected chi connectivity index (χ3v) is 11.9. The van der Waals surface area contributed by atoms with Crippen molar-refractivity contribution in [3.8, 4) is 0 Å². The van der Waals surface area contributed by atoms with E-state index < -0.39 is 6.10 Å². The Labute approximate surface area is 437 Å². The number of rotatable bonds is 51. The molecule has 6 nitrogen and oxygen atoms in total. The van der Waals surface area contributed by atoms with Crippen molar-refractivity contribution < 1.29 is 28.6 Å². The SMILES string of the molecule is CCCCC/C=C\C/C=C\C/C=C\C/C=C\CCCCCC(=O)O[C@@H](COC(=O)CCC/C=C\C/C=C\C/C=C\CCCCCCCC)COC(=O)CCCCCC/C=C\C/C=C\C/C=C\CCCCC. The first-order valence-corrected chi connectivity index (χ1v) is 29.0. The van der Waals surface area contributed by atoms with Crippen LogP contribution in [0.2, 0.25) is 0 Å². The van der Waals surface area contributed by atoms with Gasteiger partial charge >= 0.3 is 17.9 Å². The minimum absolute atomic E-state index is 0.121. The molecule has 71 heavy (non-hydrogen) atoms. The lowest BCUT2D eigenvalue weighted by Crippen LogP contribution is -2.30. The molecule has 0 saturated heterocycles. The Morgan fingerprint density at radius 3 is 0.887 bits per heavy atom. The third kappa shape index (κ3) is 56.6. The summed E-state index contributed by atoms with van der Waals surface area (Å²) in [4.78, 5) is 38.2. The summed E-state index contributed by atoms with van der Waals surface area (Å²) < 4.78 is 16.8. The van der Waals surface area contributed by atoms with Gasteiger partial charge in [0, 0.05) is 19.3 Å². The Hall–Kier alpha value is -4.19. The second-order valence-electron chi connectivity index (χ2n) is 18.8. The van der Waals surface area contributed by atoms with Gasteiger partial charge in [-0.3, -0.25) is 14.4 Å². The molecule has 0 rings (SSSR count). The van der Waals surface area contributed by atoms with E-state index in [0.29, 0.717) is 19.3 Å². The molecule has 0 amide bonds. The molecule has 0 heterocycles. The predicted octanol–water partition coefficient (Wildman–Crippen LogP) is 19.6. The van der Waals surface area contributed by atoms with Crippen LogP contribution in [0, 0.1) is 0 Å². The van der Waals surface area contributed by atoms with E-state index in [1.54, 1.807) is 0 Å². The standard InChI is InChI=1S/C65H106O6/c1-4-7-10-13-16-19-22-25-28-31-32-35-38-41-44-47-50-53-56-59-65(68)71-62(60-69-63(66)57-54-51-48-45-42-39-36-33-29-26-23-20-17-14-11-8-5-2)61-70-64(67)58-55-52-49-46-43-40-37-34-30-27-24-21-18-15-12-9-6-3/h16-17,19-20,25-30,32,35-37,39-41,44,46,49,62H,4-15,18,21-24,31,33-34,38,42-43,45,47-48,50-61H2,1-3H3/b19-16-,20-17-,28-25-,29-26-,30-27-,35-32-,39-36-,40-37-,44-41-,49-46-/t62-/m1/s1. The minimum Gasteiger partial charge on any atom is -0.462 e. The van der Waals surface area contributed by atoms with Crippen LogP contribution < -0.4 is 0 Å². The van der Waals surface area contributed by atoms with Crippen LogP contribution >= 0.6 is 0 Å². The van der Waals surface area contributed by atoms with E-state index in [2.05, 4.69) is 142 Å². The molecule has 0 aliphatic carbocycles. The second kappa shape index (κ2) is 58.4. The Kier molecular flexibility index (Phi) is 54.9. The smallest absolute Gasteiger partial charge is 0.306 e. The zero-order valence-electron chi connectivity index (χ0n) is 45.9. The summed E-state index contributed by atoms with van der Waals surface area (Å²) in [7, 11) is 0. The molecule has 0 aromatic carbocycles. The summed E-state index contributed by atoms with van der Waals surface area (Å²) >= 11 is 0. The van der Waals surface area contributed by atoms with Crippen molar-refractivity contribution in [1.29, 1.82) is 0 Å². The third-order valence-electron chi connectivity index (χ3n) is 11.9. The van der Waals surface area contributed by atoms with Gasteiger partial charge < -0.3 is 14.2 Å². The van der Waals surface area contributed by atoms with Crippen molar-refractivity contribution in [2.45, 2.75) is 258 Å². The zero-order chi connectivity index (χ0) is 51.4. The van der Waals surface area contributed by atoms with Crippen LogP contribution in [0.15, 0.2) is 122 Å². The molecule has 0 aliphatic rings. The molecule has 0 saturated carbocycles. The van der Waals surface area contributed by atoms with Gasteiger partial charge in [0.1, 0.15) is 13.2 Å². The Morgan fingerprint density at radius 1 is 0.282 bits per heavy atom. The van der Waals surface area contributed by atoms with E-state index >= 15 is 0 Å². The van der Waals surface area contributed by atoms with Crippen LogP contribution in [0.1, 0.15) is 252 Å². The molecule has 1 atom stereocenters. The van der Waals surface area contributed by atoms with E-state index in [4.69, 9.17) is 14.2 Å². The van der Waals surface area contributed by atoms with Gasteiger partial charge in [0.2, 0.25) is 0 Å². The minimum atomic E-state index is -0.829. The highest BCUT2D eigenvalue weighted by Gasteiger charge is 2.19. The topological polar surface area (TPSA) is 78.9 Å². The molecule has 0 spiro atoms. The first kappa shape index (κ1) is 66.8. The number of hydrogen-bond acceptors (Lipinski definition) is 6. The van der Waals surface area contributed by atoms with Crippen LogP contribution in [0.3, 0.4) is 0 Å². The van der Waals surface area contributed by atoms with Gasteiger partial charge in [0.15, 0.2) is 6.10 Å². The summed E-state index contributed by atoms with van der Waals surface area (Å²) in [6.07, 6.45) is 80.4. The Bertz CT molecular complexity index is 1500. The lowest BCUT2D eigenvalue weighted by Gasteiger charge is -2.18. The number of esters is 3. The van der Waals surface area contributed by atoms with E-state index in [1.807, 2.05) is 0 Å². The van der Waals surface area contributed by atoms with Gasteiger partial charge in [-0.05, 0) is 135 Å². The van der Waals surface area contributed by atoms with E-state index in [0.717, 1.165) is 103 Å². The van der Waals surface area contributed by atoms with Crippen LogP contribution in [0.5, 0.6) is 0 Å². The first-order chi connectivity index (χ1) is 35.0. The Balaban J connectivity index is 4.59. The van der Waals surface area contributed by atoms with Crippen molar-refractivity contribution in [1.82, 2.24) is 0 Å². The average Bonchev–Trinajstić information content (AvgIpc) is 3.37. The normalized spacial score (nSPS) is 13.0. The molecule has 0 radical (unpaired) electrons. The van der Waals surface area contributed by atoms with E-state index in [1.165, 1.54) is 96.3 Å². The first-order valence-electron chi connectivity index (χ1n) is 29.0. The molecule has 0 aliphatic heterocycles. The number of ether oxygens (including phenoxy) is 3. The van der Waals surface area contributed by atoms with Crippen LogP contribution in [0.4, 0.5) is 0 Å². The number of unbranched alkanes of at least 4 members (excludes halogenated alkanes) is 20. The molecular formula is C65H106O6. The Morgan fingerprint density at radius 2 is 0.521 bits per heavy atom. The van der Waals surface area contributed by atoms with Gasteiger partial charge in [-0.25, -0.2) is 0 Å². The maximum Gasteiger partial charge on any atom is 0.306 e. The molecule has 0 N–H and O–H groups in total. The number of allylic oxidation sites excluding steroid dienone is 20. The van der Waals surface area contributed by atoms with Crippen molar-refractivity contribution >= 4 is 17.9 Å². The molecular weight excluding hydrogens is 877 g/mol. The average molecular weight is 984 g/mol. The largest absolute Gasteiger partial charge is 0.462 e. The fourth-order valence-electron chi connectivity index (χ4n) is 7.51. The summed E-state index contributed by atoms with van der Waals surface area (Å²) in [5, 5.41) is 0. The lowest BCUT2D eigenvalue weighted by atomic mass is 10.1. The van der Waals surface area contributed by atoms with E-state index in [-0.39, 0.29) is 44.0 Å². The van der Waals surface area contributed by atoms with Crippen LogP contribution in [-0.4, -0.2) is 37.2 Å². The fourth-order valence-corrected chi connectivity index (χ4v) is 7.51. The van der Waals surface area contributed by atoms with Crippen LogP contribution in [-0.2, 0) is 28.6 Å². The summed E-state index contributed by atoms with van der Waals surface area (Å²) in [6, 6.07) is 0. The van der Waals surface area contributed by atoms with E-state index in [9.17, 15) is 14.4 Å². The highest BCUT2D eigenvalue weighted by Crippen LogP contribution is 2.12. The van der Waals surface area contributed by atoms with Gasteiger partial charge in [0.05, 0.1) is 0 Å². The molecule has 0 bridgehead atoms. The summed E-state index contributed by atoms with van der Waals surface area (Å²) in [5.41, 5.74) is 0. The van der Waals surface area contributed by atoms with Crippen molar-refractivity contribution in [3.05, 3.63) is 122 Å². The predicted molar refractivity (Wildman–Crippen MR) is 306 cm³/mol.